The molecular weight excluding hydrogens is 378 g/mol. The van der Waals surface area contributed by atoms with Crippen LogP contribution in [0.3, 0.4) is 0 Å². The summed E-state index contributed by atoms with van der Waals surface area (Å²) in [4.78, 5) is 4.59. The SMILES string of the molecule is CCCCCCOc1ccc(-c2ccc(CCc3ccc(CCCC)cc3)cc2)nc1. The average molecular weight is 416 g/mol. The van der Waals surface area contributed by atoms with Crippen LogP contribution in [0.2, 0.25) is 0 Å². The lowest BCUT2D eigenvalue weighted by Crippen LogP contribution is -1.98. The molecule has 0 aliphatic carbocycles. The Morgan fingerprint density at radius 3 is 1.81 bits per heavy atom. The van der Waals surface area contributed by atoms with E-state index in [0.29, 0.717) is 0 Å². The van der Waals surface area contributed by atoms with Crippen molar-refractivity contribution in [1.29, 1.82) is 0 Å². The normalized spacial score (nSPS) is 10.9. The summed E-state index contributed by atoms with van der Waals surface area (Å²) in [5, 5.41) is 0. The van der Waals surface area contributed by atoms with Gasteiger partial charge in [-0.15, -0.1) is 0 Å². The number of rotatable bonds is 13. The maximum absolute atomic E-state index is 5.80. The first-order chi connectivity index (χ1) is 15.3. The Labute approximate surface area is 188 Å². The minimum atomic E-state index is 0.775. The summed E-state index contributed by atoms with van der Waals surface area (Å²) < 4.78 is 5.80. The molecule has 31 heavy (non-hydrogen) atoms. The Kier molecular flexibility index (Phi) is 9.63. The van der Waals surface area contributed by atoms with Gasteiger partial charge in [-0.1, -0.05) is 88.1 Å². The topological polar surface area (TPSA) is 22.1 Å². The number of pyridine rings is 1. The van der Waals surface area contributed by atoms with E-state index in [1.54, 1.807) is 0 Å². The molecule has 0 saturated heterocycles. The fourth-order valence-corrected chi connectivity index (χ4v) is 3.74. The van der Waals surface area contributed by atoms with E-state index in [1.807, 2.05) is 12.3 Å². The quantitative estimate of drug-likeness (QED) is 0.265. The number of nitrogens with zero attached hydrogens (tertiary/aromatic N) is 1. The lowest BCUT2D eigenvalue weighted by atomic mass is 10.0. The summed E-state index contributed by atoms with van der Waals surface area (Å²) in [6.45, 7) is 5.25. The zero-order valence-electron chi connectivity index (χ0n) is 19.3. The first-order valence-electron chi connectivity index (χ1n) is 12.0. The molecule has 0 amide bonds. The molecule has 1 heterocycles. The van der Waals surface area contributed by atoms with Gasteiger partial charge in [-0.05, 0) is 60.9 Å². The molecule has 3 rings (SSSR count). The number of ether oxygens (including phenoxy) is 1. The minimum Gasteiger partial charge on any atom is -0.492 e. The van der Waals surface area contributed by atoms with E-state index in [-0.39, 0.29) is 0 Å². The predicted octanol–water partition coefficient (Wildman–Crippen LogP) is 7.84. The second kappa shape index (κ2) is 12.9. The summed E-state index contributed by atoms with van der Waals surface area (Å²) >= 11 is 0. The Bertz CT molecular complexity index is 866. The number of unbranched alkanes of at least 4 members (excludes halogenated alkanes) is 4. The number of hydrogen-bond donors (Lipinski definition) is 0. The van der Waals surface area contributed by atoms with Crippen LogP contribution in [0.5, 0.6) is 5.75 Å². The van der Waals surface area contributed by atoms with Crippen LogP contribution in [-0.4, -0.2) is 11.6 Å². The molecular formula is C29H37NO. The monoisotopic (exact) mass is 415 g/mol. The molecule has 2 aromatic carbocycles. The van der Waals surface area contributed by atoms with Gasteiger partial charge in [-0.25, -0.2) is 0 Å². The molecule has 0 aliphatic heterocycles. The van der Waals surface area contributed by atoms with Crippen LogP contribution in [0, 0.1) is 0 Å². The molecule has 0 fully saturated rings. The maximum Gasteiger partial charge on any atom is 0.137 e. The van der Waals surface area contributed by atoms with Crippen LogP contribution in [0.15, 0.2) is 66.9 Å². The van der Waals surface area contributed by atoms with E-state index in [9.17, 15) is 0 Å². The smallest absolute Gasteiger partial charge is 0.137 e. The Hall–Kier alpha value is -2.61. The van der Waals surface area contributed by atoms with E-state index in [1.165, 1.54) is 55.2 Å². The second-order valence-corrected chi connectivity index (χ2v) is 8.41. The van der Waals surface area contributed by atoms with Gasteiger partial charge in [0.25, 0.3) is 0 Å². The number of aromatic nitrogens is 1. The van der Waals surface area contributed by atoms with Crippen molar-refractivity contribution in [3.63, 3.8) is 0 Å². The first kappa shape index (κ1) is 23.1. The third-order valence-electron chi connectivity index (χ3n) is 5.80. The van der Waals surface area contributed by atoms with Crippen LogP contribution >= 0.6 is 0 Å². The van der Waals surface area contributed by atoms with E-state index in [4.69, 9.17) is 4.74 Å². The molecule has 0 radical (unpaired) electrons. The molecule has 164 valence electrons. The molecule has 0 aliphatic rings. The van der Waals surface area contributed by atoms with Gasteiger partial charge in [-0.2, -0.15) is 0 Å². The van der Waals surface area contributed by atoms with Crippen molar-refractivity contribution >= 4 is 0 Å². The van der Waals surface area contributed by atoms with E-state index >= 15 is 0 Å². The Morgan fingerprint density at radius 1 is 0.613 bits per heavy atom. The fourth-order valence-electron chi connectivity index (χ4n) is 3.74. The fraction of sp³-hybridized carbons (Fsp3) is 0.414. The van der Waals surface area contributed by atoms with Gasteiger partial charge in [0.2, 0.25) is 0 Å². The number of benzene rings is 2. The molecule has 2 nitrogen and oxygen atoms in total. The molecule has 2 heteroatoms. The van der Waals surface area contributed by atoms with Gasteiger partial charge in [0.05, 0.1) is 18.5 Å². The zero-order chi connectivity index (χ0) is 21.7. The van der Waals surface area contributed by atoms with Gasteiger partial charge in [0.15, 0.2) is 0 Å². The lowest BCUT2D eigenvalue weighted by molar-refractivity contribution is 0.304. The van der Waals surface area contributed by atoms with Crippen molar-refractivity contribution in [2.75, 3.05) is 6.61 Å². The predicted molar refractivity (Wildman–Crippen MR) is 132 cm³/mol. The highest BCUT2D eigenvalue weighted by atomic mass is 16.5. The average Bonchev–Trinajstić information content (AvgIpc) is 2.83. The molecule has 0 atom stereocenters. The molecule has 3 aromatic rings. The maximum atomic E-state index is 5.80. The van der Waals surface area contributed by atoms with Crippen LogP contribution in [0.1, 0.15) is 69.1 Å². The highest BCUT2D eigenvalue weighted by Crippen LogP contribution is 2.21. The standard InChI is InChI=1S/C29H37NO/c1-3-5-7-8-22-31-28-20-21-29(30-23-28)27-18-16-26(17-19-27)15-14-25-12-10-24(11-13-25)9-6-4-2/h10-13,16-21,23H,3-9,14-15,22H2,1-2H3. The third-order valence-corrected chi connectivity index (χ3v) is 5.80. The van der Waals surface area contributed by atoms with Crippen LogP contribution in [0.4, 0.5) is 0 Å². The molecule has 0 N–H and O–H groups in total. The van der Waals surface area contributed by atoms with Crippen molar-refractivity contribution in [3.8, 4) is 17.0 Å². The number of hydrogen-bond acceptors (Lipinski definition) is 2. The van der Waals surface area contributed by atoms with Gasteiger partial charge >= 0.3 is 0 Å². The summed E-state index contributed by atoms with van der Waals surface area (Å²) in [5.41, 5.74) is 6.38. The molecule has 0 unspecified atom stereocenters. The second-order valence-electron chi connectivity index (χ2n) is 8.41. The first-order valence-corrected chi connectivity index (χ1v) is 12.0. The van der Waals surface area contributed by atoms with Crippen molar-refractivity contribution in [2.24, 2.45) is 0 Å². The van der Waals surface area contributed by atoms with Gasteiger partial charge in [0, 0.05) is 5.56 Å². The molecule has 0 bridgehead atoms. The van der Waals surface area contributed by atoms with Crippen molar-refractivity contribution in [3.05, 3.63) is 83.6 Å². The van der Waals surface area contributed by atoms with E-state index in [2.05, 4.69) is 73.4 Å². The summed E-state index contributed by atoms with van der Waals surface area (Å²) in [6, 6.07) is 22.0. The van der Waals surface area contributed by atoms with E-state index < -0.39 is 0 Å². The van der Waals surface area contributed by atoms with Crippen molar-refractivity contribution < 1.29 is 4.74 Å². The zero-order valence-corrected chi connectivity index (χ0v) is 19.3. The van der Waals surface area contributed by atoms with E-state index in [0.717, 1.165) is 42.9 Å². The largest absolute Gasteiger partial charge is 0.492 e. The molecule has 0 saturated carbocycles. The van der Waals surface area contributed by atoms with Gasteiger partial charge < -0.3 is 4.74 Å². The van der Waals surface area contributed by atoms with Crippen LogP contribution in [-0.2, 0) is 19.3 Å². The van der Waals surface area contributed by atoms with Gasteiger partial charge in [0.1, 0.15) is 5.75 Å². The van der Waals surface area contributed by atoms with Crippen LogP contribution in [0.25, 0.3) is 11.3 Å². The highest BCUT2D eigenvalue weighted by molar-refractivity contribution is 5.59. The van der Waals surface area contributed by atoms with Crippen molar-refractivity contribution in [2.45, 2.75) is 71.6 Å². The Balaban J connectivity index is 1.47. The summed E-state index contributed by atoms with van der Waals surface area (Å²) in [6.07, 6.45) is 12.6. The summed E-state index contributed by atoms with van der Waals surface area (Å²) in [7, 11) is 0. The third kappa shape index (κ3) is 7.86. The number of aryl methyl sites for hydroxylation is 3. The Morgan fingerprint density at radius 2 is 1.23 bits per heavy atom. The molecule has 0 spiro atoms. The highest BCUT2D eigenvalue weighted by Gasteiger charge is 2.03. The van der Waals surface area contributed by atoms with Crippen molar-refractivity contribution in [1.82, 2.24) is 4.98 Å². The molecule has 1 aromatic heterocycles. The minimum absolute atomic E-state index is 0.775. The summed E-state index contributed by atoms with van der Waals surface area (Å²) in [5.74, 6) is 0.859. The van der Waals surface area contributed by atoms with Crippen LogP contribution < -0.4 is 4.74 Å². The lowest BCUT2D eigenvalue weighted by Gasteiger charge is -2.08. The van der Waals surface area contributed by atoms with Gasteiger partial charge in [-0.3, -0.25) is 4.98 Å².